The Balaban J connectivity index is 1.93. The molecule has 130 valence electrons. The third kappa shape index (κ3) is 4.20. The van der Waals surface area contributed by atoms with Gasteiger partial charge >= 0.3 is 5.97 Å². The van der Waals surface area contributed by atoms with Crippen molar-refractivity contribution in [1.29, 1.82) is 5.26 Å². The van der Waals surface area contributed by atoms with Crippen LogP contribution in [0.15, 0.2) is 12.1 Å². The number of carboxylic acid groups (broad SMARTS) is 1. The van der Waals surface area contributed by atoms with Crippen molar-refractivity contribution < 1.29 is 23.4 Å². The SMILES string of the molecule is CC(C)(CN1CCC(Oc2cc(F)c(C#N)cc2F)CC1)C(=O)O. The van der Waals surface area contributed by atoms with Gasteiger partial charge in [0.1, 0.15) is 18.0 Å². The quantitative estimate of drug-likeness (QED) is 0.894. The lowest BCUT2D eigenvalue weighted by atomic mass is 9.92. The number of piperidine rings is 1. The number of carbonyl (C=O) groups is 1. The molecule has 1 aliphatic rings. The van der Waals surface area contributed by atoms with Gasteiger partial charge in [0.25, 0.3) is 0 Å². The second-order valence-electron chi connectivity index (χ2n) is 6.66. The molecule has 0 amide bonds. The van der Waals surface area contributed by atoms with Crippen LogP contribution in [0.25, 0.3) is 0 Å². The van der Waals surface area contributed by atoms with Gasteiger partial charge in [-0.05, 0) is 32.8 Å². The number of benzene rings is 1. The standard InChI is InChI=1S/C17H20F2N2O3/c1-17(2,16(22)23)10-21-5-3-12(4-6-21)24-15-8-13(18)11(9-20)7-14(15)19/h7-8,12H,3-6,10H2,1-2H3,(H,22,23). The molecular weight excluding hydrogens is 318 g/mol. The molecule has 1 aromatic rings. The number of hydrogen-bond acceptors (Lipinski definition) is 4. The highest BCUT2D eigenvalue weighted by atomic mass is 19.1. The molecular formula is C17H20F2N2O3. The molecule has 7 heteroatoms. The Bertz CT molecular complexity index is 663. The van der Waals surface area contributed by atoms with Crippen LogP contribution in [0.3, 0.4) is 0 Å². The van der Waals surface area contributed by atoms with Crippen LogP contribution in [0.4, 0.5) is 8.78 Å². The zero-order valence-electron chi connectivity index (χ0n) is 13.7. The summed E-state index contributed by atoms with van der Waals surface area (Å²) in [6.07, 6.45) is 0.920. The summed E-state index contributed by atoms with van der Waals surface area (Å²) in [4.78, 5) is 13.2. The van der Waals surface area contributed by atoms with Gasteiger partial charge in [-0.15, -0.1) is 0 Å². The van der Waals surface area contributed by atoms with E-state index in [-0.39, 0.29) is 17.4 Å². The molecule has 1 aromatic carbocycles. The predicted molar refractivity (Wildman–Crippen MR) is 82.6 cm³/mol. The summed E-state index contributed by atoms with van der Waals surface area (Å²) in [7, 11) is 0. The van der Waals surface area contributed by atoms with Gasteiger partial charge in [-0.3, -0.25) is 4.79 Å². The lowest BCUT2D eigenvalue weighted by Gasteiger charge is -2.35. The van der Waals surface area contributed by atoms with Crippen molar-refractivity contribution in [2.45, 2.75) is 32.8 Å². The molecule has 0 aliphatic carbocycles. The summed E-state index contributed by atoms with van der Waals surface area (Å²) >= 11 is 0. The van der Waals surface area contributed by atoms with Crippen LogP contribution in [0.2, 0.25) is 0 Å². The maximum absolute atomic E-state index is 13.8. The number of ether oxygens (including phenoxy) is 1. The summed E-state index contributed by atoms with van der Waals surface area (Å²) in [5.41, 5.74) is -1.19. The fourth-order valence-corrected chi connectivity index (χ4v) is 2.70. The van der Waals surface area contributed by atoms with E-state index in [1.54, 1.807) is 19.9 Å². The number of aliphatic carboxylic acids is 1. The van der Waals surface area contributed by atoms with Crippen molar-refractivity contribution in [2.75, 3.05) is 19.6 Å². The van der Waals surface area contributed by atoms with E-state index < -0.39 is 23.0 Å². The summed E-state index contributed by atoms with van der Waals surface area (Å²) in [6.45, 7) is 5.03. The average Bonchev–Trinajstić information content (AvgIpc) is 2.52. The Morgan fingerprint density at radius 3 is 2.54 bits per heavy atom. The first-order chi connectivity index (χ1) is 11.2. The van der Waals surface area contributed by atoms with E-state index in [1.807, 2.05) is 4.90 Å². The third-order valence-corrected chi connectivity index (χ3v) is 4.17. The monoisotopic (exact) mass is 338 g/mol. The van der Waals surface area contributed by atoms with Crippen LogP contribution in [0, 0.1) is 28.4 Å². The molecule has 24 heavy (non-hydrogen) atoms. The van der Waals surface area contributed by atoms with Crippen molar-refractivity contribution >= 4 is 5.97 Å². The molecule has 0 saturated carbocycles. The van der Waals surface area contributed by atoms with Crippen molar-refractivity contribution in [2.24, 2.45) is 5.41 Å². The normalized spacial score (nSPS) is 16.6. The highest BCUT2D eigenvalue weighted by Gasteiger charge is 2.32. The van der Waals surface area contributed by atoms with Crippen molar-refractivity contribution in [3.05, 3.63) is 29.3 Å². The maximum atomic E-state index is 13.8. The lowest BCUT2D eigenvalue weighted by molar-refractivity contribution is -0.148. The van der Waals surface area contributed by atoms with E-state index in [2.05, 4.69) is 0 Å². The molecule has 0 atom stereocenters. The van der Waals surface area contributed by atoms with Crippen LogP contribution < -0.4 is 4.74 Å². The van der Waals surface area contributed by atoms with Crippen LogP contribution in [0.5, 0.6) is 5.75 Å². The first-order valence-electron chi connectivity index (χ1n) is 7.74. The summed E-state index contributed by atoms with van der Waals surface area (Å²) in [5, 5.41) is 17.8. The highest BCUT2D eigenvalue weighted by molar-refractivity contribution is 5.73. The number of halogens is 2. The zero-order chi connectivity index (χ0) is 17.9. The van der Waals surface area contributed by atoms with E-state index in [1.165, 1.54) is 0 Å². The zero-order valence-corrected chi connectivity index (χ0v) is 13.7. The van der Waals surface area contributed by atoms with E-state index in [0.29, 0.717) is 32.5 Å². The van der Waals surface area contributed by atoms with Crippen LogP contribution >= 0.6 is 0 Å². The van der Waals surface area contributed by atoms with Crippen LogP contribution in [-0.2, 0) is 4.79 Å². The molecule has 2 rings (SSSR count). The molecule has 0 spiro atoms. The van der Waals surface area contributed by atoms with Gasteiger partial charge in [0.15, 0.2) is 11.6 Å². The van der Waals surface area contributed by atoms with Gasteiger partial charge < -0.3 is 14.7 Å². The second-order valence-corrected chi connectivity index (χ2v) is 6.66. The van der Waals surface area contributed by atoms with Gasteiger partial charge in [0.05, 0.1) is 11.0 Å². The summed E-state index contributed by atoms with van der Waals surface area (Å²) < 4.78 is 32.9. The fraction of sp³-hybridized carbons (Fsp3) is 0.529. The van der Waals surface area contributed by atoms with Gasteiger partial charge in [0.2, 0.25) is 0 Å². The minimum Gasteiger partial charge on any atom is -0.487 e. The number of likely N-dealkylation sites (tertiary alicyclic amines) is 1. The van der Waals surface area contributed by atoms with Gasteiger partial charge in [0, 0.05) is 25.7 Å². The Labute approximate surface area is 139 Å². The highest BCUT2D eigenvalue weighted by Crippen LogP contribution is 2.26. The molecule has 1 heterocycles. The average molecular weight is 338 g/mol. The lowest BCUT2D eigenvalue weighted by Crippen LogP contribution is -2.45. The smallest absolute Gasteiger partial charge is 0.310 e. The molecule has 0 unspecified atom stereocenters. The van der Waals surface area contributed by atoms with E-state index in [9.17, 15) is 13.6 Å². The molecule has 0 bridgehead atoms. The predicted octanol–water partition coefficient (Wildman–Crippen LogP) is 2.79. The molecule has 0 aromatic heterocycles. The molecule has 1 N–H and O–H groups in total. The van der Waals surface area contributed by atoms with Gasteiger partial charge in [-0.1, -0.05) is 0 Å². The topological polar surface area (TPSA) is 73.6 Å². The Morgan fingerprint density at radius 1 is 1.38 bits per heavy atom. The molecule has 1 aliphatic heterocycles. The molecule has 1 saturated heterocycles. The second kappa shape index (κ2) is 7.14. The Kier molecular flexibility index (Phi) is 5.40. The molecule has 0 radical (unpaired) electrons. The van der Waals surface area contributed by atoms with Crippen molar-refractivity contribution in [1.82, 2.24) is 4.90 Å². The summed E-state index contributed by atoms with van der Waals surface area (Å²) in [6, 6.07) is 3.30. The van der Waals surface area contributed by atoms with Crippen LogP contribution in [-0.4, -0.2) is 41.7 Å². The van der Waals surface area contributed by atoms with Gasteiger partial charge in [-0.2, -0.15) is 5.26 Å². The van der Waals surface area contributed by atoms with E-state index in [0.717, 1.165) is 12.1 Å². The van der Waals surface area contributed by atoms with Gasteiger partial charge in [-0.25, -0.2) is 8.78 Å². The van der Waals surface area contributed by atoms with Crippen LogP contribution in [0.1, 0.15) is 32.3 Å². The van der Waals surface area contributed by atoms with E-state index in [4.69, 9.17) is 15.1 Å². The third-order valence-electron chi connectivity index (χ3n) is 4.17. The Hall–Kier alpha value is -2.20. The van der Waals surface area contributed by atoms with Crippen molar-refractivity contribution in [3.8, 4) is 11.8 Å². The van der Waals surface area contributed by atoms with Crippen molar-refractivity contribution in [3.63, 3.8) is 0 Å². The number of carboxylic acids is 1. The summed E-state index contributed by atoms with van der Waals surface area (Å²) in [5.74, 6) is -2.62. The largest absolute Gasteiger partial charge is 0.487 e. The number of nitriles is 1. The molecule has 5 nitrogen and oxygen atoms in total. The van der Waals surface area contributed by atoms with E-state index >= 15 is 0 Å². The molecule has 1 fully saturated rings. The minimum absolute atomic E-state index is 0.198. The fourth-order valence-electron chi connectivity index (χ4n) is 2.70. The number of rotatable bonds is 5. The first kappa shape index (κ1) is 18.1. The maximum Gasteiger partial charge on any atom is 0.310 e. The number of nitrogens with zero attached hydrogens (tertiary/aromatic N) is 2. The number of hydrogen-bond donors (Lipinski definition) is 1. The first-order valence-corrected chi connectivity index (χ1v) is 7.74. The Morgan fingerprint density at radius 2 is 2.00 bits per heavy atom. The minimum atomic E-state index is -0.851.